The summed E-state index contributed by atoms with van der Waals surface area (Å²) in [6.45, 7) is 4.08. The van der Waals surface area contributed by atoms with E-state index in [0.29, 0.717) is 6.04 Å². The van der Waals surface area contributed by atoms with E-state index in [1.807, 2.05) is 0 Å². The maximum absolute atomic E-state index is 5.77. The molecule has 0 saturated heterocycles. The van der Waals surface area contributed by atoms with Gasteiger partial charge in [0.05, 0.1) is 6.04 Å². The van der Waals surface area contributed by atoms with E-state index in [1.54, 1.807) is 5.56 Å². The third-order valence-corrected chi connectivity index (χ3v) is 3.65. The van der Waals surface area contributed by atoms with Crippen LogP contribution >= 0.6 is 0 Å². The summed E-state index contributed by atoms with van der Waals surface area (Å²) < 4.78 is 5.77. The second kappa shape index (κ2) is 4.10. The molecule has 1 aliphatic carbocycles. The van der Waals surface area contributed by atoms with Crippen LogP contribution in [0.1, 0.15) is 42.5 Å². The van der Waals surface area contributed by atoms with E-state index in [2.05, 4.69) is 24.4 Å². The summed E-state index contributed by atoms with van der Waals surface area (Å²) in [5.74, 6) is 1.12. The molecule has 0 aromatic heterocycles. The number of nitrogens with one attached hydrogen (secondary N) is 1. The number of fused-ring (bicyclic) bond motifs is 2. The zero-order valence-electron chi connectivity index (χ0n) is 9.88. The Hall–Kier alpha value is -1.02. The minimum atomic E-state index is 0.417. The van der Waals surface area contributed by atoms with Gasteiger partial charge in [-0.2, -0.15) is 0 Å². The summed E-state index contributed by atoms with van der Waals surface area (Å²) in [5.41, 5.74) is 4.44. The van der Waals surface area contributed by atoms with Gasteiger partial charge in [0.15, 0.2) is 0 Å². The van der Waals surface area contributed by atoms with Gasteiger partial charge in [-0.05, 0) is 49.4 Å². The first-order chi connectivity index (χ1) is 7.88. The Morgan fingerprint density at radius 1 is 1.31 bits per heavy atom. The summed E-state index contributed by atoms with van der Waals surface area (Å²) in [6, 6.07) is 5.06. The molecule has 1 aromatic carbocycles. The van der Waals surface area contributed by atoms with Crippen LogP contribution in [0.15, 0.2) is 12.1 Å². The largest absolute Gasteiger partial charge is 0.491 e. The molecule has 0 radical (unpaired) electrons. The van der Waals surface area contributed by atoms with Crippen molar-refractivity contribution in [3.8, 4) is 5.75 Å². The van der Waals surface area contributed by atoms with Gasteiger partial charge in [-0.25, -0.2) is 0 Å². The summed E-state index contributed by atoms with van der Waals surface area (Å²) in [7, 11) is 0. The number of aryl methyl sites for hydroxylation is 2. The monoisotopic (exact) mass is 217 g/mol. The summed E-state index contributed by atoms with van der Waals surface area (Å²) in [6.07, 6.45) is 4.98. The Labute approximate surface area is 97.0 Å². The molecule has 0 spiro atoms. The topological polar surface area (TPSA) is 21.3 Å². The van der Waals surface area contributed by atoms with Crippen molar-refractivity contribution in [3.05, 3.63) is 28.8 Å². The predicted molar refractivity (Wildman–Crippen MR) is 65.0 cm³/mol. The first kappa shape index (κ1) is 10.2. The van der Waals surface area contributed by atoms with Crippen LogP contribution in [0, 0.1) is 0 Å². The normalized spacial score (nSPS) is 21.7. The molecule has 1 aromatic rings. The third kappa shape index (κ3) is 1.61. The van der Waals surface area contributed by atoms with Gasteiger partial charge in [-0.15, -0.1) is 0 Å². The number of hydrogen-bond donors (Lipinski definition) is 1. The maximum atomic E-state index is 5.77. The van der Waals surface area contributed by atoms with Crippen LogP contribution in [0.3, 0.4) is 0 Å². The molecule has 1 aliphatic heterocycles. The smallest absolute Gasteiger partial charge is 0.124 e. The van der Waals surface area contributed by atoms with Crippen molar-refractivity contribution in [2.24, 2.45) is 0 Å². The van der Waals surface area contributed by atoms with Crippen molar-refractivity contribution in [3.63, 3.8) is 0 Å². The van der Waals surface area contributed by atoms with Crippen molar-refractivity contribution >= 4 is 0 Å². The maximum Gasteiger partial charge on any atom is 0.124 e. The standard InChI is InChI=1S/C14H19NO/c1-2-6-15-13-9-16-14-8-11-5-3-4-10(11)7-12(13)14/h7-8,13,15H,2-6,9H2,1H3. The van der Waals surface area contributed by atoms with E-state index in [0.717, 1.165) is 18.9 Å². The van der Waals surface area contributed by atoms with E-state index in [1.165, 1.54) is 36.8 Å². The predicted octanol–water partition coefficient (Wildman–Crippen LogP) is 2.61. The lowest BCUT2D eigenvalue weighted by atomic mass is 10.0. The Morgan fingerprint density at radius 3 is 2.94 bits per heavy atom. The average molecular weight is 217 g/mol. The summed E-state index contributed by atoms with van der Waals surface area (Å²) in [4.78, 5) is 0. The Balaban J connectivity index is 1.88. The number of hydrogen-bond acceptors (Lipinski definition) is 2. The number of rotatable bonds is 3. The SMILES string of the molecule is CCCNC1COc2cc3c(cc21)CCC3. The van der Waals surface area contributed by atoms with Crippen LogP contribution in [-0.2, 0) is 12.8 Å². The van der Waals surface area contributed by atoms with Gasteiger partial charge in [0, 0.05) is 5.56 Å². The zero-order valence-corrected chi connectivity index (χ0v) is 9.88. The molecular formula is C14H19NO. The zero-order chi connectivity index (χ0) is 11.0. The quantitative estimate of drug-likeness (QED) is 0.840. The summed E-state index contributed by atoms with van der Waals surface area (Å²) in [5, 5.41) is 3.55. The molecular weight excluding hydrogens is 198 g/mol. The van der Waals surface area contributed by atoms with Gasteiger partial charge < -0.3 is 10.1 Å². The van der Waals surface area contributed by atoms with Crippen LogP contribution in [0.25, 0.3) is 0 Å². The molecule has 16 heavy (non-hydrogen) atoms. The van der Waals surface area contributed by atoms with Crippen LogP contribution < -0.4 is 10.1 Å². The molecule has 0 amide bonds. The van der Waals surface area contributed by atoms with Crippen molar-refractivity contribution < 1.29 is 4.74 Å². The Kier molecular flexibility index (Phi) is 2.60. The number of benzene rings is 1. The second-order valence-corrected chi connectivity index (χ2v) is 4.83. The first-order valence-corrected chi connectivity index (χ1v) is 6.40. The van der Waals surface area contributed by atoms with Crippen LogP contribution in [0.2, 0.25) is 0 Å². The highest BCUT2D eigenvalue weighted by atomic mass is 16.5. The minimum Gasteiger partial charge on any atom is -0.491 e. The highest BCUT2D eigenvalue weighted by Crippen LogP contribution is 2.37. The second-order valence-electron chi connectivity index (χ2n) is 4.83. The third-order valence-electron chi connectivity index (χ3n) is 3.65. The molecule has 1 atom stereocenters. The van der Waals surface area contributed by atoms with E-state index < -0.39 is 0 Å². The molecule has 1 unspecified atom stereocenters. The van der Waals surface area contributed by atoms with Gasteiger partial charge >= 0.3 is 0 Å². The van der Waals surface area contributed by atoms with Gasteiger partial charge in [-0.1, -0.05) is 13.0 Å². The lowest BCUT2D eigenvalue weighted by Crippen LogP contribution is -2.23. The Bertz CT molecular complexity index is 400. The first-order valence-electron chi connectivity index (χ1n) is 6.40. The number of ether oxygens (including phenoxy) is 1. The fourth-order valence-corrected chi connectivity index (χ4v) is 2.77. The lowest BCUT2D eigenvalue weighted by Gasteiger charge is -2.11. The lowest BCUT2D eigenvalue weighted by molar-refractivity contribution is 0.311. The van der Waals surface area contributed by atoms with Crippen LogP contribution in [0.4, 0.5) is 0 Å². The minimum absolute atomic E-state index is 0.417. The van der Waals surface area contributed by atoms with Crippen molar-refractivity contribution in [1.29, 1.82) is 0 Å². The van der Waals surface area contributed by atoms with Crippen molar-refractivity contribution in [1.82, 2.24) is 5.32 Å². The molecule has 1 heterocycles. The molecule has 86 valence electrons. The van der Waals surface area contributed by atoms with Gasteiger partial charge in [0.25, 0.3) is 0 Å². The fourth-order valence-electron chi connectivity index (χ4n) is 2.77. The van der Waals surface area contributed by atoms with E-state index in [9.17, 15) is 0 Å². The van der Waals surface area contributed by atoms with E-state index >= 15 is 0 Å². The van der Waals surface area contributed by atoms with Crippen molar-refractivity contribution in [2.75, 3.05) is 13.2 Å². The van der Waals surface area contributed by atoms with Crippen LogP contribution in [0.5, 0.6) is 5.75 Å². The molecule has 0 bridgehead atoms. The average Bonchev–Trinajstić information content (AvgIpc) is 2.89. The van der Waals surface area contributed by atoms with E-state index in [4.69, 9.17) is 4.74 Å². The molecule has 3 rings (SSSR count). The molecule has 2 nitrogen and oxygen atoms in total. The molecule has 2 aliphatic rings. The van der Waals surface area contributed by atoms with Gasteiger partial charge in [0.2, 0.25) is 0 Å². The molecule has 1 N–H and O–H groups in total. The molecule has 0 saturated carbocycles. The fraction of sp³-hybridized carbons (Fsp3) is 0.571. The van der Waals surface area contributed by atoms with E-state index in [-0.39, 0.29) is 0 Å². The molecule has 2 heteroatoms. The summed E-state index contributed by atoms with van der Waals surface area (Å²) >= 11 is 0. The van der Waals surface area contributed by atoms with Crippen molar-refractivity contribution in [2.45, 2.75) is 38.6 Å². The highest BCUT2D eigenvalue weighted by Gasteiger charge is 2.26. The Morgan fingerprint density at radius 2 is 2.12 bits per heavy atom. The highest BCUT2D eigenvalue weighted by molar-refractivity contribution is 5.48. The van der Waals surface area contributed by atoms with Gasteiger partial charge in [0.1, 0.15) is 12.4 Å². The molecule has 0 fully saturated rings. The van der Waals surface area contributed by atoms with Gasteiger partial charge in [-0.3, -0.25) is 0 Å². The van der Waals surface area contributed by atoms with Crippen LogP contribution in [-0.4, -0.2) is 13.2 Å².